The Morgan fingerprint density at radius 1 is 1.30 bits per heavy atom. The van der Waals surface area contributed by atoms with Crippen molar-refractivity contribution in [2.45, 2.75) is 40.0 Å². The van der Waals surface area contributed by atoms with Crippen LogP contribution in [0.25, 0.3) is 10.2 Å². The summed E-state index contributed by atoms with van der Waals surface area (Å²) in [6, 6.07) is 0. The summed E-state index contributed by atoms with van der Waals surface area (Å²) >= 11 is 1.47. The van der Waals surface area contributed by atoms with Crippen molar-refractivity contribution < 1.29 is 4.79 Å². The number of rotatable bonds is 4. The summed E-state index contributed by atoms with van der Waals surface area (Å²) < 4.78 is 0. The van der Waals surface area contributed by atoms with Gasteiger partial charge < -0.3 is 10.2 Å². The molecule has 1 aliphatic rings. The molecule has 1 saturated heterocycles. The molecule has 1 fully saturated rings. The van der Waals surface area contributed by atoms with Gasteiger partial charge in [0, 0.05) is 19.6 Å². The Labute approximate surface area is 141 Å². The lowest BCUT2D eigenvalue weighted by atomic mass is 10.1. The molecule has 3 heterocycles. The van der Waals surface area contributed by atoms with Crippen LogP contribution in [-0.2, 0) is 0 Å². The number of anilines is 1. The second-order valence-corrected chi connectivity index (χ2v) is 7.58. The predicted molar refractivity (Wildman–Crippen MR) is 95.4 cm³/mol. The fourth-order valence-corrected chi connectivity index (χ4v) is 4.05. The van der Waals surface area contributed by atoms with Crippen molar-refractivity contribution in [3.63, 3.8) is 0 Å². The molecule has 2 aromatic rings. The lowest BCUT2D eigenvalue weighted by Gasteiger charge is -2.28. The number of hydrogen-bond acceptors (Lipinski definition) is 5. The standard InChI is InChI=1S/C17H24N4OS/c1-11(2)9-18-16(22)14-12(3)13-15(19-10-20-17(13)23-14)21-7-5-4-6-8-21/h10-11H,4-9H2,1-3H3,(H,18,22). The number of carbonyl (C=O) groups excluding carboxylic acids is 1. The van der Waals surface area contributed by atoms with Crippen molar-refractivity contribution in [2.75, 3.05) is 24.5 Å². The molecule has 1 aliphatic heterocycles. The minimum atomic E-state index is 0.00351. The van der Waals surface area contributed by atoms with E-state index in [-0.39, 0.29) is 5.91 Å². The van der Waals surface area contributed by atoms with Crippen molar-refractivity contribution in [1.29, 1.82) is 0 Å². The maximum absolute atomic E-state index is 12.5. The molecule has 0 spiro atoms. The van der Waals surface area contributed by atoms with Crippen LogP contribution in [0.2, 0.25) is 0 Å². The summed E-state index contributed by atoms with van der Waals surface area (Å²) in [7, 11) is 0. The Morgan fingerprint density at radius 3 is 2.74 bits per heavy atom. The first kappa shape index (κ1) is 16.2. The molecule has 5 nitrogen and oxygen atoms in total. The maximum Gasteiger partial charge on any atom is 0.261 e. The van der Waals surface area contributed by atoms with Gasteiger partial charge in [-0.25, -0.2) is 9.97 Å². The topological polar surface area (TPSA) is 58.1 Å². The Bertz CT molecular complexity index is 704. The third-order valence-corrected chi connectivity index (χ3v) is 5.44. The molecule has 0 aromatic carbocycles. The zero-order valence-electron chi connectivity index (χ0n) is 14.1. The minimum Gasteiger partial charge on any atom is -0.356 e. The van der Waals surface area contributed by atoms with Crippen molar-refractivity contribution in [1.82, 2.24) is 15.3 Å². The highest BCUT2D eigenvalue weighted by atomic mass is 32.1. The zero-order chi connectivity index (χ0) is 16.4. The second kappa shape index (κ2) is 6.83. The molecule has 124 valence electrons. The number of amides is 1. The van der Waals surface area contributed by atoms with E-state index in [4.69, 9.17) is 0 Å². The van der Waals surface area contributed by atoms with Gasteiger partial charge in [0.15, 0.2) is 0 Å². The van der Waals surface area contributed by atoms with Crippen LogP contribution in [0.5, 0.6) is 0 Å². The number of piperidine rings is 1. The van der Waals surface area contributed by atoms with Crippen LogP contribution < -0.4 is 10.2 Å². The summed E-state index contributed by atoms with van der Waals surface area (Å²) in [5.41, 5.74) is 1.01. The van der Waals surface area contributed by atoms with Crippen molar-refractivity contribution in [3.05, 3.63) is 16.8 Å². The summed E-state index contributed by atoms with van der Waals surface area (Å²) in [5, 5.41) is 4.06. The molecular weight excluding hydrogens is 308 g/mol. The molecule has 0 unspecified atom stereocenters. The molecule has 2 aromatic heterocycles. The Balaban J connectivity index is 1.96. The number of nitrogens with zero attached hydrogens (tertiary/aromatic N) is 3. The maximum atomic E-state index is 12.5. The molecule has 23 heavy (non-hydrogen) atoms. The number of fused-ring (bicyclic) bond motifs is 1. The summed E-state index contributed by atoms with van der Waals surface area (Å²) in [6.45, 7) is 8.97. The molecule has 0 saturated carbocycles. The van der Waals surface area contributed by atoms with E-state index < -0.39 is 0 Å². The van der Waals surface area contributed by atoms with Crippen LogP contribution in [0.1, 0.15) is 48.3 Å². The molecule has 0 radical (unpaired) electrons. The van der Waals surface area contributed by atoms with E-state index in [1.165, 1.54) is 30.6 Å². The Morgan fingerprint density at radius 2 is 2.04 bits per heavy atom. The third kappa shape index (κ3) is 3.32. The molecule has 1 amide bonds. The van der Waals surface area contributed by atoms with Crippen LogP contribution in [0.15, 0.2) is 6.33 Å². The predicted octanol–water partition coefficient (Wildman–Crippen LogP) is 3.38. The van der Waals surface area contributed by atoms with E-state index in [0.717, 1.165) is 39.6 Å². The van der Waals surface area contributed by atoms with Gasteiger partial charge in [0.1, 0.15) is 17.0 Å². The molecular formula is C17H24N4OS. The van der Waals surface area contributed by atoms with E-state index in [1.807, 2.05) is 6.92 Å². The van der Waals surface area contributed by atoms with Crippen molar-refractivity contribution >= 4 is 33.3 Å². The fourth-order valence-electron chi connectivity index (χ4n) is 2.99. The average Bonchev–Trinajstić information content (AvgIpc) is 2.90. The molecule has 0 bridgehead atoms. The molecule has 6 heteroatoms. The highest BCUT2D eigenvalue weighted by Gasteiger charge is 2.22. The smallest absolute Gasteiger partial charge is 0.261 e. The van der Waals surface area contributed by atoms with E-state index in [9.17, 15) is 4.79 Å². The van der Waals surface area contributed by atoms with Crippen LogP contribution in [-0.4, -0.2) is 35.5 Å². The van der Waals surface area contributed by atoms with Crippen LogP contribution >= 0.6 is 11.3 Å². The highest BCUT2D eigenvalue weighted by molar-refractivity contribution is 7.20. The van der Waals surface area contributed by atoms with Gasteiger partial charge in [-0.2, -0.15) is 0 Å². The summed E-state index contributed by atoms with van der Waals surface area (Å²) in [6.07, 6.45) is 5.32. The van der Waals surface area contributed by atoms with Gasteiger partial charge in [-0.1, -0.05) is 13.8 Å². The molecule has 0 aliphatic carbocycles. The van der Waals surface area contributed by atoms with Crippen molar-refractivity contribution in [3.8, 4) is 0 Å². The number of aryl methyl sites for hydroxylation is 1. The van der Waals surface area contributed by atoms with E-state index in [1.54, 1.807) is 6.33 Å². The summed E-state index contributed by atoms with van der Waals surface area (Å²) in [5.74, 6) is 1.44. The van der Waals surface area contributed by atoms with E-state index >= 15 is 0 Å². The molecule has 3 rings (SSSR count). The lowest BCUT2D eigenvalue weighted by molar-refractivity contribution is 0.0952. The quantitative estimate of drug-likeness (QED) is 0.932. The zero-order valence-corrected chi connectivity index (χ0v) is 14.9. The van der Waals surface area contributed by atoms with Gasteiger partial charge in [0.25, 0.3) is 5.91 Å². The van der Waals surface area contributed by atoms with Gasteiger partial charge in [-0.05, 0) is 37.7 Å². The molecule has 0 atom stereocenters. The second-order valence-electron chi connectivity index (χ2n) is 6.59. The van der Waals surface area contributed by atoms with Gasteiger partial charge in [0.2, 0.25) is 0 Å². The fraction of sp³-hybridized carbons (Fsp3) is 0.588. The Hall–Kier alpha value is -1.69. The van der Waals surface area contributed by atoms with E-state index in [2.05, 4.69) is 34.0 Å². The lowest BCUT2D eigenvalue weighted by Crippen LogP contribution is -2.30. The SMILES string of the molecule is Cc1c(C(=O)NCC(C)C)sc2ncnc(N3CCCCC3)c12. The minimum absolute atomic E-state index is 0.00351. The number of hydrogen-bond donors (Lipinski definition) is 1. The third-order valence-electron chi connectivity index (χ3n) is 4.24. The van der Waals surface area contributed by atoms with Crippen LogP contribution in [0, 0.1) is 12.8 Å². The first-order valence-corrected chi connectivity index (χ1v) is 9.17. The number of thiophene rings is 1. The average molecular weight is 332 g/mol. The van der Waals surface area contributed by atoms with Gasteiger partial charge in [-0.3, -0.25) is 4.79 Å². The Kier molecular flexibility index (Phi) is 4.80. The first-order chi connectivity index (χ1) is 11.1. The van der Waals surface area contributed by atoms with Gasteiger partial charge in [-0.15, -0.1) is 11.3 Å². The number of carbonyl (C=O) groups is 1. The normalized spacial score (nSPS) is 15.4. The van der Waals surface area contributed by atoms with Crippen LogP contribution in [0.4, 0.5) is 5.82 Å². The summed E-state index contributed by atoms with van der Waals surface area (Å²) in [4.78, 5) is 25.4. The first-order valence-electron chi connectivity index (χ1n) is 8.35. The highest BCUT2D eigenvalue weighted by Crippen LogP contribution is 2.35. The largest absolute Gasteiger partial charge is 0.356 e. The monoisotopic (exact) mass is 332 g/mol. The van der Waals surface area contributed by atoms with Gasteiger partial charge in [0.05, 0.1) is 10.3 Å². The number of nitrogens with one attached hydrogen (secondary N) is 1. The van der Waals surface area contributed by atoms with Crippen molar-refractivity contribution in [2.24, 2.45) is 5.92 Å². The van der Waals surface area contributed by atoms with Crippen LogP contribution in [0.3, 0.4) is 0 Å². The van der Waals surface area contributed by atoms with E-state index in [0.29, 0.717) is 12.5 Å². The van der Waals surface area contributed by atoms with Gasteiger partial charge >= 0.3 is 0 Å². The molecule has 1 N–H and O–H groups in total. The number of aromatic nitrogens is 2.